The van der Waals surface area contributed by atoms with Gasteiger partial charge in [-0.2, -0.15) is 0 Å². The Morgan fingerprint density at radius 3 is 2.43 bits per heavy atom. The number of anilines is 2. The lowest BCUT2D eigenvalue weighted by Gasteiger charge is -2.20. The van der Waals surface area contributed by atoms with E-state index in [1.807, 2.05) is 24.3 Å². The van der Waals surface area contributed by atoms with E-state index in [9.17, 15) is 9.90 Å². The summed E-state index contributed by atoms with van der Waals surface area (Å²) in [7, 11) is 0. The number of hydrogen-bond donors (Lipinski definition) is 1. The summed E-state index contributed by atoms with van der Waals surface area (Å²) in [5.74, 6) is 0.106. The molecule has 0 spiro atoms. The summed E-state index contributed by atoms with van der Waals surface area (Å²) in [6.07, 6.45) is 0. The van der Waals surface area contributed by atoms with Crippen LogP contribution in [0.2, 0.25) is 0 Å². The van der Waals surface area contributed by atoms with E-state index >= 15 is 0 Å². The first-order valence-electron chi connectivity index (χ1n) is 9.32. The Bertz CT molecular complexity index is 1090. The number of hydrogen-bond acceptors (Lipinski definition) is 4. The fraction of sp³-hybridized carbons (Fsp3) is 0.130. The minimum absolute atomic E-state index is 0.319. The molecule has 0 atom stereocenters. The van der Waals surface area contributed by atoms with Gasteiger partial charge < -0.3 is 14.9 Å². The summed E-state index contributed by atoms with van der Waals surface area (Å²) >= 11 is 0. The van der Waals surface area contributed by atoms with Crippen LogP contribution >= 0.6 is 0 Å². The van der Waals surface area contributed by atoms with E-state index in [2.05, 4.69) is 51.2 Å². The van der Waals surface area contributed by atoms with Crippen molar-refractivity contribution in [2.24, 2.45) is 4.99 Å². The third kappa shape index (κ3) is 2.63. The Kier molecular flexibility index (Phi) is 3.86. The van der Waals surface area contributed by atoms with Gasteiger partial charge in [-0.25, -0.2) is 4.79 Å². The van der Waals surface area contributed by atoms with Crippen LogP contribution in [-0.4, -0.2) is 30.1 Å². The van der Waals surface area contributed by atoms with Crippen molar-refractivity contribution in [3.05, 3.63) is 83.9 Å². The zero-order valence-electron chi connectivity index (χ0n) is 15.2. The van der Waals surface area contributed by atoms with Crippen LogP contribution in [0.4, 0.5) is 11.4 Å². The fourth-order valence-corrected chi connectivity index (χ4v) is 3.97. The minimum Gasteiger partial charge on any atom is -0.478 e. The van der Waals surface area contributed by atoms with Crippen LogP contribution in [0.15, 0.2) is 77.8 Å². The number of carboxylic acids is 1. The van der Waals surface area contributed by atoms with Gasteiger partial charge in [-0.15, -0.1) is 0 Å². The molecular formula is C23H19N3O2. The molecule has 0 amide bonds. The average Bonchev–Trinajstić information content (AvgIpc) is 3.31. The molecule has 5 heteroatoms. The number of para-hydroxylation sites is 2. The third-order valence-electron chi connectivity index (χ3n) is 5.29. The first kappa shape index (κ1) is 16.6. The Morgan fingerprint density at radius 2 is 1.64 bits per heavy atom. The zero-order chi connectivity index (χ0) is 19.1. The van der Waals surface area contributed by atoms with Crippen molar-refractivity contribution >= 4 is 23.3 Å². The zero-order valence-corrected chi connectivity index (χ0v) is 15.2. The van der Waals surface area contributed by atoms with E-state index in [1.165, 1.54) is 11.4 Å². The minimum atomic E-state index is -0.910. The second-order valence-electron chi connectivity index (χ2n) is 6.96. The van der Waals surface area contributed by atoms with Crippen molar-refractivity contribution < 1.29 is 9.90 Å². The van der Waals surface area contributed by atoms with Gasteiger partial charge in [0.25, 0.3) is 0 Å². The molecule has 5 nitrogen and oxygen atoms in total. The number of fused-ring (bicyclic) bond motifs is 3. The molecule has 0 fully saturated rings. The molecule has 138 valence electrons. The molecule has 28 heavy (non-hydrogen) atoms. The fourth-order valence-electron chi connectivity index (χ4n) is 3.97. The lowest BCUT2D eigenvalue weighted by Crippen LogP contribution is -2.34. The third-order valence-corrected chi connectivity index (χ3v) is 5.29. The molecule has 0 bridgehead atoms. The number of rotatable bonds is 4. The maximum atomic E-state index is 11.5. The van der Waals surface area contributed by atoms with E-state index in [1.54, 1.807) is 12.1 Å². The molecule has 2 heterocycles. The van der Waals surface area contributed by atoms with Gasteiger partial charge in [-0.3, -0.25) is 4.99 Å². The van der Waals surface area contributed by atoms with Gasteiger partial charge in [0.05, 0.1) is 30.0 Å². The van der Waals surface area contributed by atoms with Crippen molar-refractivity contribution in [2.45, 2.75) is 6.54 Å². The molecule has 0 saturated carbocycles. The average molecular weight is 369 g/mol. The standard InChI is InChI=1S/C23H19N3O2/c27-22(28)19-6-2-1-5-18(19)17-11-9-16(10-12-17)15-26-21-8-4-3-7-20(21)25-14-13-24-23(25)26/h1-12H,13-15H2,(H,27,28). The SMILES string of the molecule is O=C(O)c1ccccc1-c1ccc(CN2C3=NCCN3c3ccccc32)cc1. The summed E-state index contributed by atoms with van der Waals surface area (Å²) in [6, 6.07) is 23.6. The summed E-state index contributed by atoms with van der Waals surface area (Å²) < 4.78 is 0. The van der Waals surface area contributed by atoms with Crippen LogP contribution in [-0.2, 0) is 6.54 Å². The molecule has 0 radical (unpaired) electrons. The summed E-state index contributed by atoms with van der Waals surface area (Å²) in [5, 5.41) is 9.43. The molecule has 0 aromatic heterocycles. The number of carboxylic acid groups (broad SMARTS) is 1. The summed E-state index contributed by atoms with van der Waals surface area (Å²) in [4.78, 5) is 20.7. The number of aliphatic imine (C=N–C) groups is 1. The van der Waals surface area contributed by atoms with Gasteiger partial charge in [0.2, 0.25) is 5.96 Å². The van der Waals surface area contributed by atoms with Gasteiger partial charge in [0, 0.05) is 6.54 Å². The molecule has 0 saturated heterocycles. The van der Waals surface area contributed by atoms with E-state index in [0.717, 1.165) is 42.3 Å². The highest BCUT2D eigenvalue weighted by molar-refractivity contribution is 6.16. The number of carbonyl (C=O) groups is 1. The monoisotopic (exact) mass is 369 g/mol. The van der Waals surface area contributed by atoms with Crippen LogP contribution in [0, 0.1) is 0 Å². The quantitative estimate of drug-likeness (QED) is 0.747. The smallest absolute Gasteiger partial charge is 0.336 e. The molecule has 2 aliphatic heterocycles. The maximum absolute atomic E-state index is 11.5. The van der Waals surface area contributed by atoms with Crippen LogP contribution in [0.1, 0.15) is 15.9 Å². The normalized spacial score (nSPS) is 14.6. The first-order chi connectivity index (χ1) is 13.7. The predicted molar refractivity (Wildman–Crippen MR) is 111 cm³/mol. The lowest BCUT2D eigenvalue weighted by molar-refractivity contribution is 0.0697. The van der Waals surface area contributed by atoms with Gasteiger partial charge in [-0.1, -0.05) is 54.6 Å². The van der Waals surface area contributed by atoms with Gasteiger partial charge in [0.1, 0.15) is 0 Å². The van der Waals surface area contributed by atoms with Gasteiger partial charge >= 0.3 is 5.97 Å². The first-order valence-corrected chi connectivity index (χ1v) is 9.32. The van der Waals surface area contributed by atoms with Crippen LogP contribution < -0.4 is 9.80 Å². The number of aromatic carboxylic acids is 1. The van der Waals surface area contributed by atoms with E-state index < -0.39 is 5.97 Å². The molecule has 5 rings (SSSR count). The highest BCUT2D eigenvalue weighted by atomic mass is 16.4. The van der Waals surface area contributed by atoms with Gasteiger partial charge in [0.15, 0.2) is 0 Å². The molecule has 3 aromatic carbocycles. The topological polar surface area (TPSA) is 56.1 Å². The molecule has 0 aliphatic carbocycles. The predicted octanol–water partition coefficient (Wildman–Crippen LogP) is 4.25. The van der Waals surface area contributed by atoms with E-state index in [-0.39, 0.29) is 0 Å². The lowest BCUT2D eigenvalue weighted by atomic mass is 9.98. The number of guanidine groups is 1. The van der Waals surface area contributed by atoms with Gasteiger partial charge in [-0.05, 0) is 34.9 Å². The Balaban J connectivity index is 1.44. The second-order valence-corrected chi connectivity index (χ2v) is 6.96. The molecular weight excluding hydrogens is 350 g/mol. The van der Waals surface area contributed by atoms with Crippen molar-refractivity contribution in [3.8, 4) is 11.1 Å². The number of benzene rings is 3. The highest BCUT2D eigenvalue weighted by Gasteiger charge is 2.34. The Hall–Kier alpha value is -3.60. The Labute approximate surface area is 163 Å². The molecule has 0 unspecified atom stereocenters. The summed E-state index contributed by atoms with van der Waals surface area (Å²) in [5.41, 5.74) is 5.51. The van der Waals surface area contributed by atoms with Crippen molar-refractivity contribution in [1.29, 1.82) is 0 Å². The molecule has 3 aromatic rings. The molecule has 1 N–H and O–H groups in total. The van der Waals surface area contributed by atoms with Crippen molar-refractivity contribution in [2.75, 3.05) is 22.9 Å². The van der Waals surface area contributed by atoms with Crippen LogP contribution in [0.5, 0.6) is 0 Å². The van der Waals surface area contributed by atoms with Crippen molar-refractivity contribution in [1.82, 2.24) is 0 Å². The Morgan fingerprint density at radius 1 is 0.929 bits per heavy atom. The molecule has 2 aliphatic rings. The summed E-state index contributed by atoms with van der Waals surface area (Å²) in [6.45, 7) is 2.48. The second kappa shape index (κ2) is 6.53. The van der Waals surface area contributed by atoms with Crippen LogP contribution in [0.25, 0.3) is 11.1 Å². The highest BCUT2D eigenvalue weighted by Crippen LogP contribution is 2.39. The van der Waals surface area contributed by atoms with Crippen LogP contribution in [0.3, 0.4) is 0 Å². The van der Waals surface area contributed by atoms with Crippen molar-refractivity contribution in [3.63, 3.8) is 0 Å². The van der Waals surface area contributed by atoms with E-state index in [4.69, 9.17) is 0 Å². The largest absolute Gasteiger partial charge is 0.478 e. The maximum Gasteiger partial charge on any atom is 0.336 e. The van der Waals surface area contributed by atoms with E-state index in [0.29, 0.717) is 5.56 Å². The number of nitrogens with zero attached hydrogens (tertiary/aromatic N) is 3.